The summed E-state index contributed by atoms with van der Waals surface area (Å²) in [5, 5.41) is -0.226. The van der Waals surface area contributed by atoms with Gasteiger partial charge in [-0.15, -0.1) is 0 Å². The number of hydrogen-bond acceptors (Lipinski definition) is 5. The zero-order valence-electron chi connectivity index (χ0n) is 16.7. The predicted molar refractivity (Wildman–Crippen MR) is 105 cm³/mol. The molecule has 2 aromatic rings. The SMILES string of the molecule is O=C1CN(C(=O)c2nc3c(C(F)(F)F)cc(C4CC4)cn3c2Cl)CCC1N1CCOC1=O. The molecule has 32 heavy (non-hydrogen) atoms. The molecule has 170 valence electrons. The summed E-state index contributed by atoms with van der Waals surface area (Å²) in [6.07, 6.45) is -1.96. The summed E-state index contributed by atoms with van der Waals surface area (Å²) < 4.78 is 47.0. The van der Waals surface area contributed by atoms with Crippen molar-refractivity contribution in [3.05, 3.63) is 34.2 Å². The number of hydrogen-bond donors (Lipinski definition) is 0. The Bertz CT molecular complexity index is 1140. The third-order valence-electron chi connectivity index (χ3n) is 6.09. The normalized spacial score (nSPS) is 22.1. The number of pyridine rings is 1. The second-order valence-electron chi connectivity index (χ2n) is 8.21. The molecule has 0 radical (unpaired) electrons. The van der Waals surface area contributed by atoms with Crippen LogP contribution in [0.15, 0.2) is 12.3 Å². The number of piperidine rings is 1. The highest BCUT2D eigenvalue weighted by Gasteiger charge is 2.41. The van der Waals surface area contributed by atoms with Gasteiger partial charge in [-0.25, -0.2) is 9.78 Å². The van der Waals surface area contributed by atoms with Gasteiger partial charge in [-0.05, 0) is 36.8 Å². The molecule has 3 aliphatic rings. The van der Waals surface area contributed by atoms with Crippen molar-refractivity contribution in [2.24, 2.45) is 0 Å². The van der Waals surface area contributed by atoms with Crippen molar-refractivity contribution in [3.63, 3.8) is 0 Å². The lowest BCUT2D eigenvalue weighted by atomic mass is 10.0. The molecular weight excluding hydrogens is 453 g/mol. The molecule has 0 N–H and O–H groups in total. The van der Waals surface area contributed by atoms with E-state index in [4.69, 9.17) is 16.3 Å². The molecular formula is C20H18ClF3N4O4. The molecule has 1 saturated carbocycles. The van der Waals surface area contributed by atoms with E-state index in [1.165, 1.54) is 16.0 Å². The summed E-state index contributed by atoms with van der Waals surface area (Å²) in [6, 6.07) is 0.373. The molecule has 12 heteroatoms. The van der Waals surface area contributed by atoms with Crippen LogP contribution in [0.25, 0.3) is 5.65 Å². The number of cyclic esters (lactones) is 1. The van der Waals surface area contributed by atoms with Crippen molar-refractivity contribution in [1.82, 2.24) is 19.2 Å². The van der Waals surface area contributed by atoms with E-state index in [-0.39, 0.29) is 48.7 Å². The highest BCUT2D eigenvalue weighted by Crippen LogP contribution is 2.43. The van der Waals surface area contributed by atoms with Crippen LogP contribution in [0.2, 0.25) is 5.15 Å². The van der Waals surface area contributed by atoms with Gasteiger partial charge >= 0.3 is 12.3 Å². The highest BCUT2D eigenvalue weighted by atomic mass is 35.5. The lowest BCUT2D eigenvalue weighted by Crippen LogP contribution is -2.53. The first-order valence-electron chi connectivity index (χ1n) is 10.2. The fraction of sp³-hybridized carbons (Fsp3) is 0.500. The predicted octanol–water partition coefficient (Wildman–Crippen LogP) is 3.12. The molecule has 2 amide bonds. The number of likely N-dealkylation sites (tertiary alicyclic amines) is 1. The number of alkyl halides is 3. The number of rotatable bonds is 3. The molecule has 5 rings (SSSR count). The van der Waals surface area contributed by atoms with Gasteiger partial charge in [-0.3, -0.25) is 18.9 Å². The van der Waals surface area contributed by atoms with Gasteiger partial charge in [0.25, 0.3) is 5.91 Å². The first-order chi connectivity index (χ1) is 15.1. The van der Waals surface area contributed by atoms with Crippen molar-refractivity contribution in [3.8, 4) is 0 Å². The van der Waals surface area contributed by atoms with Crippen LogP contribution in [0.3, 0.4) is 0 Å². The molecule has 0 spiro atoms. The topological polar surface area (TPSA) is 84.2 Å². The number of nitrogens with zero attached hydrogens (tertiary/aromatic N) is 4. The van der Waals surface area contributed by atoms with E-state index >= 15 is 0 Å². The van der Waals surface area contributed by atoms with Gasteiger partial charge in [-0.1, -0.05) is 11.6 Å². The van der Waals surface area contributed by atoms with Crippen molar-refractivity contribution >= 4 is 35.0 Å². The molecule has 4 heterocycles. The smallest absolute Gasteiger partial charge is 0.419 e. The summed E-state index contributed by atoms with van der Waals surface area (Å²) in [7, 11) is 0. The van der Waals surface area contributed by atoms with Gasteiger partial charge in [0, 0.05) is 12.7 Å². The van der Waals surface area contributed by atoms with Crippen molar-refractivity contribution in [2.75, 3.05) is 26.2 Å². The van der Waals surface area contributed by atoms with E-state index in [1.54, 1.807) is 0 Å². The quantitative estimate of drug-likeness (QED) is 0.688. The third-order valence-corrected chi connectivity index (χ3v) is 6.45. The Balaban J connectivity index is 1.45. The Labute approximate surface area is 184 Å². The first kappa shape index (κ1) is 21.0. The minimum atomic E-state index is -4.67. The number of imidazole rings is 1. The van der Waals surface area contributed by atoms with Crippen molar-refractivity contribution in [1.29, 1.82) is 0 Å². The Kier molecular flexibility index (Phi) is 4.84. The third kappa shape index (κ3) is 3.48. The summed E-state index contributed by atoms with van der Waals surface area (Å²) >= 11 is 6.31. The summed E-state index contributed by atoms with van der Waals surface area (Å²) in [6.45, 7) is 0.330. The number of carbonyl (C=O) groups is 3. The molecule has 2 saturated heterocycles. The van der Waals surface area contributed by atoms with Gasteiger partial charge < -0.3 is 9.64 Å². The molecule has 3 fully saturated rings. The minimum Gasteiger partial charge on any atom is -0.448 e. The summed E-state index contributed by atoms with van der Waals surface area (Å²) in [5.41, 5.74) is -1.24. The number of Topliss-reactive ketones (excluding diaryl/α,β-unsaturated/α-hetero) is 1. The number of ketones is 1. The lowest BCUT2D eigenvalue weighted by Gasteiger charge is -2.34. The molecule has 1 unspecified atom stereocenters. The zero-order valence-corrected chi connectivity index (χ0v) is 17.4. The van der Waals surface area contributed by atoms with E-state index in [2.05, 4.69) is 4.98 Å². The largest absolute Gasteiger partial charge is 0.448 e. The van der Waals surface area contributed by atoms with E-state index < -0.39 is 35.4 Å². The number of carbonyl (C=O) groups excluding carboxylic acids is 3. The maximum absolute atomic E-state index is 13.7. The molecule has 2 aliphatic heterocycles. The Morgan fingerprint density at radius 1 is 1.19 bits per heavy atom. The van der Waals surface area contributed by atoms with Crippen LogP contribution in [-0.2, 0) is 15.7 Å². The standard InChI is InChI=1S/C20H18ClF3N4O4/c21-16-15(18(30)26-4-3-13(14(29)9-26)27-5-6-32-19(27)31)25-17-12(20(22,23)24)7-11(8-28(16)17)10-1-2-10/h7-8,10,13H,1-6,9H2. The van der Waals surface area contributed by atoms with E-state index in [9.17, 15) is 27.6 Å². The van der Waals surface area contributed by atoms with Crippen LogP contribution in [0.5, 0.6) is 0 Å². The maximum atomic E-state index is 13.7. The van der Waals surface area contributed by atoms with Crippen LogP contribution >= 0.6 is 11.6 Å². The highest BCUT2D eigenvalue weighted by molar-refractivity contribution is 6.33. The Morgan fingerprint density at radius 2 is 1.94 bits per heavy atom. The van der Waals surface area contributed by atoms with Gasteiger partial charge in [0.15, 0.2) is 17.1 Å². The van der Waals surface area contributed by atoms with E-state index in [0.717, 1.165) is 23.3 Å². The number of halogens is 4. The number of ether oxygens (including phenoxy) is 1. The average molecular weight is 471 g/mol. The average Bonchev–Trinajstić information content (AvgIpc) is 3.43. The van der Waals surface area contributed by atoms with Crippen molar-refractivity contribution in [2.45, 2.75) is 37.4 Å². The van der Waals surface area contributed by atoms with Crippen LogP contribution in [-0.4, -0.2) is 69.3 Å². The lowest BCUT2D eigenvalue weighted by molar-refractivity contribution is -0.136. The van der Waals surface area contributed by atoms with Crippen LogP contribution in [0.4, 0.5) is 18.0 Å². The number of amides is 2. The van der Waals surface area contributed by atoms with Crippen LogP contribution < -0.4 is 0 Å². The first-order valence-corrected chi connectivity index (χ1v) is 10.6. The monoisotopic (exact) mass is 470 g/mol. The van der Waals surface area contributed by atoms with Gasteiger partial charge in [0.1, 0.15) is 11.8 Å². The fourth-order valence-corrected chi connectivity index (χ4v) is 4.53. The second kappa shape index (κ2) is 7.36. The number of aromatic nitrogens is 2. The van der Waals surface area contributed by atoms with Crippen LogP contribution in [0, 0.1) is 0 Å². The molecule has 0 bridgehead atoms. The van der Waals surface area contributed by atoms with Gasteiger partial charge in [-0.2, -0.15) is 13.2 Å². The summed E-state index contributed by atoms with van der Waals surface area (Å²) in [4.78, 5) is 43.8. The van der Waals surface area contributed by atoms with E-state index in [0.29, 0.717) is 12.1 Å². The van der Waals surface area contributed by atoms with Crippen LogP contribution in [0.1, 0.15) is 46.8 Å². The van der Waals surface area contributed by atoms with Gasteiger partial charge in [0.2, 0.25) is 0 Å². The Morgan fingerprint density at radius 3 is 2.53 bits per heavy atom. The molecule has 1 aliphatic carbocycles. The molecule has 1 atom stereocenters. The number of fused-ring (bicyclic) bond motifs is 1. The minimum absolute atomic E-state index is 0.0343. The molecule has 2 aromatic heterocycles. The fourth-order valence-electron chi connectivity index (χ4n) is 4.28. The second-order valence-corrected chi connectivity index (χ2v) is 8.57. The Hall–Kier alpha value is -2.82. The summed E-state index contributed by atoms with van der Waals surface area (Å²) in [5.74, 6) is -1.04. The maximum Gasteiger partial charge on any atom is 0.419 e. The zero-order chi connectivity index (χ0) is 22.8. The molecule has 0 aromatic carbocycles. The van der Waals surface area contributed by atoms with Crippen molar-refractivity contribution < 1.29 is 32.3 Å². The van der Waals surface area contributed by atoms with Gasteiger partial charge in [0.05, 0.1) is 24.7 Å². The van der Waals surface area contributed by atoms with E-state index in [1.807, 2.05) is 0 Å². The molecule has 8 nitrogen and oxygen atoms in total.